The molecule has 1 fully saturated rings. The topological polar surface area (TPSA) is 0 Å². The van der Waals surface area contributed by atoms with E-state index in [2.05, 4.69) is 45.0 Å². The van der Waals surface area contributed by atoms with Crippen LogP contribution < -0.4 is 0 Å². The minimum Gasteiger partial charge on any atom is -0.0990 e. The van der Waals surface area contributed by atoms with Gasteiger partial charge in [0.15, 0.2) is 0 Å². The summed E-state index contributed by atoms with van der Waals surface area (Å²) in [4.78, 5) is 0. The van der Waals surface area contributed by atoms with Gasteiger partial charge in [-0.1, -0.05) is 120 Å². The predicted molar refractivity (Wildman–Crippen MR) is 121 cm³/mol. The minimum absolute atomic E-state index is 0.369. The van der Waals surface area contributed by atoms with Crippen LogP contribution in [0.15, 0.2) is 36.4 Å². The van der Waals surface area contributed by atoms with Gasteiger partial charge in [-0.25, -0.2) is 0 Å². The molecule has 0 heterocycles. The summed E-state index contributed by atoms with van der Waals surface area (Å²) >= 11 is 0. The summed E-state index contributed by atoms with van der Waals surface area (Å²) in [5, 5.41) is 0. The number of hydrogen-bond donors (Lipinski definition) is 0. The molecule has 0 spiro atoms. The number of aryl methyl sites for hydroxylation is 1. The van der Waals surface area contributed by atoms with Gasteiger partial charge in [-0.05, 0) is 49.5 Å². The lowest BCUT2D eigenvalue weighted by Gasteiger charge is -2.36. The van der Waals surface area contributed by atoms with E-state index in [0.29, 0.717) is 11.3 Å². The van der Waals surface area contributed by atoms with Crippen LogP contribution >= 0.6 is 0 Å². The molecular weight excluding hydrogens is 324 g/mol. The van der Waals surface area contributed by atoms with Crippen LogP contribution in [-0.4, -0.2) is 0 Å². The summed E-state index contributed by atoms with van der Waals surface area (Å²) in [5.41, 5.74) is 4.79. The average molecular weight is 369 g/mol. The molecule has 0 bridgehead atoms. The minimum atomic E-state index is 0.369. The maximum absolute atomic E-state index is 4.73. The Morgan fingerprint density at radius 1 is 0.926 bits per heavy atom. The molecule has 152 valence electrons. The van der Waals surface area contributed by atoms with Crippen molar-refractivity contribution < 1.29 is 0 Å². The Hall–Kier alpha value is -1.04. The molecule has 0 heteroatoms. The van der Waals surface area contributed by atoms with Gasteiger partial charge in [-0.3, -0.25) is 0 Å². The van der Waals surface area contributed by atoms with E-state index in [1.807, 2.05) is 0 Å². The van der Waals surface area contributed by atoms with E-state index in [1.165, 1.54) is 101 Å². The van der Waals surface area contributed by atoms with Gasteiger partial charge in [-0.2, -0.15) is 0 Å². The zero-order chi connectivity index (χ0) is 19.5. The van der Waals surface area contributed by atoms with Crippen LogP contribution in [0.3, 0.4) is 0 Å². The summed E-state index contributed by atoms with van der Waals surface area (Å²) < 4.78 is 0. The summed E-state index contributed by atoms with van der Waals surface area (Å²) in [7, 11) is 0. The van der Waals surface area contributed by atoms with Crippen molar-refractivity contribution in [3.05, 3.63) is 47.5 Å². The van der Waals surface area contributed by atoms with Crippen LogP contribution in [0.25, 0.3) is 0 Å². The molecule has 1 aromatic carbocycles. The summed E-state index contributed by atoms with van der Waals surface area (Å²) in [6, 6.07) is 9.22. The lowest BCUT2D eigenvalue weighted by Crippen LogP contribution is -2.25. The first kappa shape index (κ1) is 22.3. The molecule has 1 aliphatic rings. The van der Waals surface area contributed by atoms with Crippen molar-refractivity contribution in [2.24, 2.45) is 11.3 Å². The molecule has 2 rings (SSSR count). The monoisotopic (exact) mass is 368 g/mol. The molecule has 1 atom stereocenters. The van der Waals surface area contributed by atoms with E-state index in [4.69, 9.17) is 6.58 Å². The van der Waals surface area contributed by atoms with Crippen molar-refractivity contribution in [3.8, 4) is 0 Å². The zero-order valence-electron chi connectivity index (χ0n) is 18.5. The predicted octanol–water partition coefficient (Wildman–Crippen LogP) is 8.82. The van der Waals surface area contributed by atoms with Crippen molar-refractivity contribution in [1.29, 1.82) is 0 Å². The van der Waals surface area contributed by atoms with E-state index in [0.717, 1.165) is 0 Å². The standard InChI is InChI=1S/C27H44/c1-5-6-7-8-9-12-15-26(22-25-18-16-23(2)17-19-25)24(3)27(4)20-13-10-11-14-21-27/h16-19,26H,3,5-15,20-22H2,1-2,4H3. The second-order valence-electron chi connectivity index (χ2n) is 9.44. The number of unbranched alkanes of at least 4 members (excludes halogenated alkanes) is 5. The zero-order valence-corrected chi connectivity index (χ0v) is 18.5. The Bertz CT molecular complexity index is 528. The molecule has 0 radical (unpaired) electrons. The molecule has 0 amide bonds. The Balaban J connectivity index is 2.00. The fourth-order valence-corrected chi connectivity index (χ4v) is 4.90. The Labute approximate surface area is 169 Å². The van der Waals surface area contributed by atoms with Crippen molar-refractivity contribution in [2.45, 2.75) is 111 Å². The molecule has 1 saturated carbocycles. The van der Waals surface area contributed by atoms with Gasteiger partial charge in [0.1, 0.15) is 0 Å². The molecule has 0 N–H and O–H groups in total. The highest BCUT2D eigenvalue weighted by Gasteiger charge is 2.32. The number of allylic oxidation sites excluding steroid dienone is 1. The fraction of sp³-hybridized carbons (Fsp3) is 0.704. The molecule has 0 aliphatic heterocycles. The molecular formula is C27H44. The largest absolute Gasteiger partial charge is 0.0990 e. The molecule has 1 aliphatic carbocycles. The average Bonchev–Trinajstić information content (AvgIpc) is 2.90. The summed E-state index contributed by atoms with van der Waals surface area (Å²) in [6.07, 6.45) is 19.2. The quantitative estimate of drug-likeness (QED) is 0.208. The van der Waals surface area contributed by atoms with Gasteiger partial charge >= 0.3 is 0 Å². The third-order valence-corrected chi connectivity index (χ3v) is 6.98. The second-order valence-corrected chi connectivity index (χ2v) is 9.44. The van der Waals surface area contributed by atoms with E-state index >= 15 is 0 Å². The van der Waals surface area contributed by atoms with E-state index in [9.17, 15) is 0 Å². The van der Waals surface area contributed by atoms with Crippen molar-refractivity contribution in [2.75, 3.05) is 0 Å². The molecule has 0 nitrogen and oxygen atoms in total. The van der Waals surface area contributed by atoms with Crippen molar-refractivity contribution >= 4 is 0 Å². The first-order valence-electron chi connectivity index (χ1n) is 11.8. The van der Waals surface area contributed by atoms with Crippen LogP contribution in [-0.2, 0) is 6.42 Å². The molecule has 27 heavy (non-hydrogen) atoms. The van der Waals surface area contributed by atoms with Gasteiger partial charge in [0, 0.05) is 0 Å². The van der Waals surface area contributed by atoms with Gasteiger partial charge < -0.3 is 0 Å². The van der Waals surface area contributed by atoms with E-state index in [-0.39, 0.29) is 0 Å². The molecule has 1 unspecified atom stereocenters. The van der Waals surface area contributed by atoms with Crippen LogP contribution in [0, 0.1) is 18.3 Å². The summed E-state index contributed by atoms with van der Waals surface area (Å²) in [6.45, 7) is 11.7. The van der Waals surface area contributed by atoms with Crippen LogP contribution in [0.2, 0.25) is 0 Å². The third kappa shape index (κ3) is 7.47. The van der Waals surface area contributed by atoms with Gasteiger partial charge in [-0.15, -0.1) is 0 Å². The Morgan fingerprint density at radius 2 is 1.52 bits per heavy atom. The lowest BCUT2D eigenvalue weighted by molar-refractivity contribution is 0.296. The fourth-order valence-electron chi connectivity index (χ4n) is 4.90. The first-order valence-corrected chi connectivity index (χ1v) is 11.8. The van der Waals surface area contributed by atoms with Crippen LogP contribution in [0.1, 0.15) is 108 Å². The normalized spacial score (nSPS) is 18.0. The van der Waals surface area contributed by atoms with E-state index in [1.54, 1.807) is 5.57 Å². The molecule has 1 aromatic rings. The van der Waals surface area contributed by atoms with Crippen LogP contribution in [0.5, 0.6) is 0 Å². The van der Waals surface area contributed by atoms with Gasteiger partial charge in [0.25, 0.3) is 0 Å². The highest BCUT2D eigenvalue weighted by Crippen LogP contribution is 2.45. The smallest absolute Gasteiger partial charge is 0.0116 e. The number of hydrogen-bond acceptors (Lipinski definition) is 0. The van der Waals surface area contributed by atoms with Gasteiger partial charge in [0.2, 0.25) is 0 Å². The maximum atomic E-state index is 4.73. The first-order chi connectivity index (χ1) is 13.0. The molecule has 0 saturated heterocycles. The SMILES string of the molecule is C=C(C(CCCCCCCC)Cc1ccc(C)cc1)C1(C)CCCCCC1. The second kappa shape index (κ2) is 11.7. The number of rotatable bonds is 11. The lowest BCUT2D eigenvalue weighted by atomic mass is 9.69. The summed E-state index contributed by atoms with van der Waals surface area (Å²) in [5.74, 6) is 0.655. The highest BCUT2D eigenvalue weighted by atomic mass is 14.4. The number of benzene rings is 1. The van der Waals surface area contributed by atoms with Gasteiger partial charge in [0.05, 0.1) is 0 Å². The van der Waals surface area contributed by atoms with Crippen LogP contribution in [0.4, 0.5) is 0 Å². The van der Waals surface area contributed by atoms with E-state index < -0.39 is 0 Å². The Kier molecular flexibility index (Phi) is 9.66. The maximum Gasteiger partial charge on any atom is -0.0116 e. The molecule has 0 aromatic heterocycles. The van der Waals surface area contributed by atoms with Crippen molar-refractivity contribution in [3.63, 3.8) is 0 Å². The highest BCUT2D eigenvalue weighted by molar-refractivity contribution is 5.24. The van der Waals surface area contributed by atoms with Crippen molar-refractivity contribution in [1.82, 2.24) is 0 Å². The Morgan fingerprint density at radius 3 is 2.15 bits per heavy atom. The third-order valence-electron chi connectivity index (χ3n) is 6.98.